The largest absolute Gasteiger partial charge is 0.495 e. The highest BCUT2D eigenvalue weighted by Gasteiger charge is 2.21. The van der Waals surface area contributed by atoms with E-state index in [0.29, 0.717) is 5.69 Å². The fraction of sp³-hybridized carbons (Fsp3) is 0.250. The summed E-state index contributed by atoms with van der Waals surface area (Å²) in [7, 11) is -1.39. The first-order valence-corrected chi connectivity index (χ1v) is 10.5. The molecule has 0 saturated heterocycles. The Kier molecular flexibility index (Phi) is 7.72. The first kappa shape index (κ1) is 23.8. The average Bonchev–Trinajstić information content (AvgIpc) is 2.74. The van der Waals surface area contributed by atoms with Crippen LogP contribution in [0.25, 0.3) is 0 Å². The molecule has 0 aliphatic heterocycles. The van der Waals surface area contributed by atoms with E-state index in [0.717, 1.165) is 17.2 Å². The lowest BCUT2D eigenvalue weighted by molar-refractivity contribution is -0.123. The first-order chi connectivity index (χ1) is 14.6. The molecule has 166 valence electrons. The van der Waals surface area contributed by atoms with Crippen LogP contribution in [0.3, 0.4) is 0 Å². The number of benzene rings is 2. The second-order valence-electron chi connectivity index (χ2n) is 6.45. The van der Waals surface area contributed by atoms with Crippen molar-refractivity contribution < 1.29 is 32.3 Å². The smallest absolute Gasteiger partial charge is 0.338 e. The number of sulfonamides is 1. The molecule has 0 bridgehead atoms. The number of esters is 1. The molecule has 2 aromatic rings. The Balaban J connectivity index is 1.97. The molecule has 0 aliphatic rings. The van der Waals surface area contributed by atoms with Gasteiger partial charge in [0.15, 0.2) is 6.61 Å². The summed E-state index contributed by atoms with van der Waals surface area (Å²) in [6, 6.07) is 8.13. The minimum atomic E-state index is -3.89. The van der Waals surface area contributed by atoms with E-state index in [-0.39, 0.29) is 16.2 Å². The van der Waals surface area contributed by atoms with Gasteiger partial charge >= 0.3 is 12.0 Å². The fourth-order valence-electron chi connectivity index (χ4n) is 2.48. The van der Waals surface area contributed by atoms with Crippen LogP contribution in [0.1, 0.15) is 21.5 Å². The Labute approximate surface area is 180 Å². The molecule has 0 spiro atoms. The van der Waals surface area contributed by atoms with Crippen molar-refractivity contribution >= 4 is 33.6 Å². The summed E-state index contributed by atoms with van der Waals surface area (Å²) in [5.74, 6) is -1.77. The molecule has 2 aromatic carbocycles. The monoisotopic (exact) mass is 449 g/mol. The number of methoxy groups -OCH3 is 1. The van der Waals surface area contributed by atoms with Crippen LogP contribution in [0, 0.1) is 13.8 Å². The van der Waals surface area contributed by atoms with Gasteiger partial charge in [-0.05, 0) is 62.4 Å². The van der Waals surface area contributed by atoms with Crippen molar-refractivity contribution in [1.82, 2.24) is 10.0 Å². The molecule has 3 N–H and O–H groups in total. The summed E-state index contributed by atoms with van der Waals surface area (Å²) in [6.45, 7) is 3.08. The van der Waals surface area contributed by atoms with Crippen molar-refractivity contribution in [3.05, 3.63) is 53.1 Å². The molecule has 0 atom stereocenters. The number of carbonyl (C=O) groups is 3. The summed E-state index contributed by atoms with van der Waals surface area (Å²) >= 11 is 0. The van der Waals surface area contributed by atoms with Gasteiger partial charge in [0.1, 0.15) is 10.6 Å². The Morgan fingerprint density at radius 1 is 1.00 bits per heavy atom. The van der Waals surface area contributed by atoms with Crippen molar-refractivity contribution in [3.8, 4) is 5.75 Å². The number of nitrogens with one attached hydrogen (secondary N) is 3. The molecule has 0 aliphatic carbocycles. The SMILES string of the molecule is CNS(=O)(=O)c1cc(C(=O)OCC(=O)NC(=O)Nc2ccc(C)c(C)c2)ccc1OC. The number of amides is 3. The molecule has 0 fully saturated rings. The van der Waals surface area contributed by atoms with Crippen LogP contribution in [0.2, 0.25) is 0 Å². The van der Waals surface area contributed by atoms with Crippen LogP contribution in [-0.2, 0) is 19.6 Å². The van der Waals surface area contributed by atoms with E-state index in [1.165, 1.54) is 26.3 Å². The predicted octanol–water partition coefficient (Wildman–Crippen LogP) is 1.73. The number of ether oxygens (including phenoxy) is 2. The molecule has 0 aromatic heterocycles. The maximum absolute atomic E-state index is 12.2. The van der Waals surface area contributed by atoms with Crippen molar-refractivity contribution in [2.75, 3.05) is 26.1 Å². The van der Waals surface area contributed by atoms with E-state index in [9.17, 15) is 22.8 Å². The molecular weight excluding hydrogens is 426 g/mol. The van der Waals surface area contributed by atoms with Gasteiger partial charge < -0.3 is 14.8 Å². The summed E-state index contributed by atoms with van der Waals surface area (Å²) in [5.41, 5.74) is 2.42. The third kappa shape index (κ3) is 6.27. The number of carbonyl (C=O) groups excluding carboxylic acids is 3. The lowest BCUT2D eigenvalue weighted by Gasteiger charge is -2.11. The van der Waals surface area contributed by atoms with Crippen LogP contribution in [0.5, 0.6) is 5.75 Å². The standard InChI is InChI=1S/C20H23N3O7S/c1-12-5-7-15(9-13(12)2)22-20(26)23-18(24)11-30-19(25)14-6-8-16(29-4)17(10-14)31(27,28)21-3/h5-10,21H,11H2,1-4H3,(H2,22,23,24,26). The van der Waals surface area contributed by atoms with Crippen LogP contribution >= 0.6 is 0 Å². The van der Waals surface area contributed by atoms with E-state index in [1.807, 2.05) is 25.2 Å². The van der Waals surface area contributed by atoms with Gasteiger partial charge in [-0.2, -0.15) is 0 Å². The van der Waals surface area contributed by atoms with Gasteiger partial charge in [0.2, 0.25) is 10.0 Å². The third-order valence-electron chi connectivity index (χ3n) is 4.31. The molecular formula is C20H23N3O7S. The highest BCUT2D eigenvalue weighted by Crippen LogP contribution is 2.25. The van der Waals surface area contributed by atoms with Gasteiger partial charge in [-0.1, -0.05) is 6.07 Å². The maximum atomic E-state index is 12.2. The van der Waals surface area contributed by atoms with Crippen LogP contribution < -0.4 is 20.1 Å². The minimum Gasteiger partial charge on any atom is -0.495 e. The molecule has 31 heavy (non-hydrogen) atoms. The van der Waals surface area contributed by atoms with Gasteiger partial charge in [-0.3, -0.25) is 10.1 Å². The molecule has 2 rings (SSSR count). The first-order valence-electron chi connectivity index (χ1n) is 9.04. The summed E-state index contributed by atoms with van der Waals surface area (Å²) in [6.07, 6.45) is 0. The quantitative estimate of drug-likeness (QED) is 0.547. The molecule has 0 unspecified atom stereocenters. The fourth-order valence-corrected chi connectivity index (χ4v) is 3.40. The number of urea groups is 1. The molecule has 0 radical (unpaired) electrons. The van der Waals surface area contributed by atoms with Gasteiger partial charge in [0.05, 0.1) is 12.7 Å². The average molecular weight is 449 g/mol. The lowest BCUT2D eigenvalue weighted by Crippen LogP contribution is -2.37. The van der Waals surface area contributed by atoms with Gasteiger partial charge in [0, 0.05) is 5.69 Å². The highest BCUT2D eigenvalue weighted by atomic mass is 32.2. The van der Waals surface area contributed by atoms with E-state index < -0.39 is 34.5 Å². The zero-order valence-corrected chi connectivity index (χ0v) is 18.3. The second kappa shape index (κ2) is 10.0. The minimum absolute atomic E-state index is 0.0339. The molecule has 0 saturated carbocycles. The van der Waals surface area contributed by atoms with E-state index in [1.54, 1.807) is 12.1 Å². The van der Waals surface area contributed by atoms with Crippen molar-refractivity contribution in [2.24, 2.45) is 0 Å². The zero-order valence-electron chi connectivity index (χ0n) is 17.4. The van der Waals surface area contributed by atoms with Crippen molar-refractivity contribution in [2.45, 2.75) is 18.7 Å². The topological polar surface area (TPSA) is 140 Å². The van der Waals surface area contributed by atoms with Crippen LogP contribution in [0.15, 0.2) is 41.3 Å². The van der Waals surface area contributed by atoms with Gasteiger partial charge in [-0.25, -0.2) is 22.7 Å². The van der Waals surface area contributed by atoms with Gasteiger partial charge in [0.25, 0.3) is 5.91 Å². The maximum Gasteiger partial charge on any atom is 0.338 e. The molecule has 0 heterocycles. The number of rotatable bonds is 7. The summed E-state index contributed by atoms with van der Waals surface area (Å²) in [5, 5.41) is 4.54. The lowest BCUT2D eigenvalue weighted by atomic mass is 10.1. The van der Waals surface area contributed by atoms with Crippen molar-refractivity contribution in [3.63, 3.8) is 0 Å². The number of imide groups is 1. The third-order valence-corrected chi connectivity index (χ3v) is 5.75. The second-order valence-corrected chi connectivity index (χ2v) is 8.31. The highest BCUT2D eigenvalue weighted by molar-refractivity contribution is 7.89. The number of anilines is 1. The number of aryl methyl sites for hydroxylation is 2. The predicted molar refractivity (Wildman–Crippen MR) is 113 cm³/mol. The van der Waals surface area contributed by atoms with E-state index in [4.69, 9.17) is 9.47 Å². The number of hydrogen-bond donors (Lipinski definition) is 3. The Hall–Kier alpha value is -3.44. The van der Waals surface area contributed by atoms with E-state index >= 15 is 0 Å². The molecule has 3 amide bonds. The normalized spacial score (nSPS) is 10.8. The van der Waals surface area contributed by atoms with Crippen LogP contribution in [-0.4, -0.2) is 47.1 Å². The van der Waals surface area contributed by atoms with Gasteiger partial charge in [-0.15, -0.1) is 0 Å². The molecule has 11 heteroatoms. The van der Waals surface area contributed by atoms with Crippen LogP contribution in [0.4, 0.5) is 10.5 Å². The zero-order chi connectivity index (χ0) is 23.2. The number of hydrogen-bond acceptors (Lipinski definition) is 7. The summed E-state index contributed by atoms with van der Waals surface area (Å²) < 4.78 is 36.1. The molecule has 10 nitrogen and oxygen atoms in total. The Bertz CT molecular complexity index is 1110. The Morgan fingerprint density at radius 2 is 1.71 bits per heavy atom. The van der Waals surface area contributed by atoms with Crippen molar-refractivity contribution in [1.29, 1.82) is 0 Å². The summed E-state index contributed by atoms with van der Waals surface area (Å²) in [4.78, 5) is 35.8. The van der Waals surface area contributed by atoms with E-state index in [2.05, 4.69) is 10.0 Å². The Morgan fingerprint density at radius 3 is 2.32 bits per heavy atom.